The summed E-state index contributed by atoms with van der Waals surface area (Å²) in [5.41, 5.74) is 2.52. The van der Waals surface area contributed by atoms with Crippen molar-refractivity contribution in [2.24, 2.45) is 13.0 Å². The van der Waals surface area contributed by atoms with Gasteiger partial charge in [0.1, 0.15) is 6.10 Å². The lowest BCUT2D eigenvalue weighted by Crippen LogP contribution is -2.57. The molecule has 1 aromatic heterocycles. The Morgan fingerprint density at radius 3 is 2.96 bits per heavy atom. The normalized spacial score (nSPS) is 30.5. The Kier molecular flexibility index (Phi) is 3.19. The molecule has 2 aromatic rings. The summed E-state index contributed by atoms with van der Waals surface area (Å²) in [6.07, 6.45) is 4.31. The van der Waals surface area contributed by atoms with E-state index < -0.39 is 0 Å². The van der Waals surface area contributed by atoms with Crippen molar-refractivity contribution >= 4 is 16.9 Å². The summed E-state index contributed by atoms with van der Waals surface area (Å²) in [6, 6.07) is 8.06. The van der Waals surface area contributed by atoms with Crippen LogP contribution in [0, 0.1) is 5.92 Å². The van der Waals surface area contributed by atoms with Gasteiger partial charge in [0.15, 0.2) is 5.69 Å². The molecule has 4 aliphatic rings. The molecule has 3 fully saturated rings. The number of hydrogen-bond donors (Lipinski definition) is 1. The molecule has 4 unspecified atom stereocenters. The van der Waals surface area contributed by atoms with Gasteiger partial charge in [0.05, 0.1) is 11.6 Å². The highest BCUT2D eigenvalue weighted by molar-refractivity contribution is 6.02. The highest BCUT2D eigenvalue weighted by Gasteiger charge is 2.45. The molecule has 0 aliphatic carbocycles. The highest BCUT2D eigenvalue weighted by atomic mass is 16.5. The smallest absolute Gasteiger partial charge is 0.360 e. The predicted octanol–water partition coefficient (Wildman–Crippen LogP) is 1.84. The number of carbonyl (C=O) groups is 1. The maximum Gasteiger partial charge on any atom is 0.360 e. The summed E-state index contributed by atoms with van der Waals surface area (Å²) in [6.45, 7) is 0.715. The first-order valence-electron chi connectivity index (χ1n) is 8.88. The van der Waals surface area contributed by atoms with Crippen LogP contribution in [0.1, 0.15) is 29.8 Å². The molecule has 25 heavy (non-hydrogen) atoms. The van der Waals surface area contributed by atoms with Crippen LogP contribution in [0.4, 0.5) is 0 Å². The van der Waals surface area contributed by atoms with Gasteiger partial charge in [0.2, 0.25) is 0 Å². The Morgan fingerprint density at radius 2 is 2.16 bits per heavy atom. The monoisotopic (exact) mass is 339 g/mol. The molecule has 6 rings (SSSR count). The van der Waals surface area contributed by atoms with Gasteiger partial charge in [-0.25, -0.2) is 4.79 Å². The number of para-hydroxylation sites is 1. The second kappa shape index (κ2) is 5.33. The Bertz CT molecular complexity index is 887. The largest absolute Gasteiger partial charge is 0.453 e. The highest BCUT2D eigenvalue weighted by Crippen LogP contribution is 2.43. The Morgan fingerprint density at radius 1 is 1.32 bits per heavy atom. The van der Waals surface area contributed by atoms with Gasteiger partial charge in [-0.05, 0) is 30.9 Å². The van der Waals surface area contributed by atoms with E-state index in [1.54, 1.807) is 4.68 Å². The number of piperidine rings is 3. The summed E-state index contributed by atoms with van der Waals surface area (Å²) in [4.78, 5) is 15.0. The van der Waals surface area contributed by atoms with E-state index in [1.165, 1.54) is 5.70 Å². The topological polar surface area (TPSA) is 67.6 Å². The van der Waals surface area contributed by atoms with Crippen molar-refractivity contribution in [2.75, 3.05) is 6.54 Å². The Hall–Kier alpha value is -2.34. The lowest BCUT2D eigenvalue weighted by molar-refractivity contribution is -0.0512. The average Bonchev–Trinajstić information content (AvgIpc) is 2.92. The summed E-state index contributed by atoms with van der Waals surface area (Å²) in [5.74, 6) is -0.00328. The molecule has 4 aliphatic heterocycles. The van der Waals surface area contributed by atoms with Crippen LogP contribution in [-0.2, 0) is 11.8 Å². The molecule has 3 saturated heterocycles. The third-order valence-electron chi connectivity index (χ3n) is 5.88. The quantitative estimate of drug-likeness (QED) is 0.846. The number of benzene rings is 1. The number of nitrogens with zero attached hydrogens (tertiary/aromatic N) is 3. The summed E-state index contributed by atoms with van der Waals surface area (Å²) < 4.78 is 7.50. The van der Waals surface area contributed by atoms with Crippen LogP contribution in [0.2, 0.25) is 0 Å². The summed E-state index contributed by atoms with van der Waals surface area (Å²) >= 11 is 0. The molecule has 1 aromatic carbocycles. The molecule has 0 spiro atoms. The molecule has 6 heteroatoms. The first-order chi connectivity index (χ1) is 12.1. The fourth-order valence-electron chi connectivity index (χ4n) is 4.67. The van der Waals surface area contributed by atoms with E-state index in [0.29, 0.717) is 24.2 Å². The van der Waals surface area contributed by atoms with Crippen molar-refractivity contribution in [3.8, 4) is 0 Å². The first-order valence-corrected chi connectivity index (χ1v) is 8.88. The van der Waals surface area contributed by atoms with Crippen LogP contribution in [0.25, 0.3) is 10.9 Å². The van der Waals surface area contributed by atoms with Crippen LogP contribution >= 0.6 is 0 Å². The van der Waals surface area contributed by atoms with E-state index in [2.05, 4.69) is 16.1 Å². The number of allylic oxidation sites excluding steroid dienone is 1. The van der Waals surface area contributed by atoms with Gasteiger partial charge < -0.3 is 14.7 Å². The van der Waals surface area contributed by atoms with Gasteiger partial charge in [-0.2, -0.15) is 5.10 Å². The third-order valence-corrected chi connectivity index (χ3v) is 5.88. The van der Waals surface area contributed by atoms with Crippen LogP contribution in [-0.4, -0.2) is 50.6 Å². The Labute approximate surface area is 145 Å². The number of ether oxygens (including phenoxy) is 1. The number of hydrogen-bond acceptors (Lipinski definition) is 5. The zero-order valence-electron chi connectivity index (χ0n) is 14.1. The minimum absolute atomic E-state index is 0.208. The van der Waals surface area contributed by atoms with Gasteiger partial charge in [-0.15, -0.1) is 0 Å². The first kappa shape index (κ1) is 15.0. The van der Waals surface area contributed by atoms with Crippen molar-refractivity contribution < 1.29 is 14.6 Å². The molecular weight excluding hydrogens is 318 g/mol. The van der Waals surface area contributed by atoms with Gasteiger partial charge in [0, 0.05) is 37.1 Å². The number of aromatic nitrogens is 2. The predicted molar refractivity (Wildman–Crippen MR) is 91.8 cm³/mol. The van der Waals surface area contributed by atoms with Gasteiger partial charge >= 0.3 is 5.97 Å². The van der Waals surface area contributed by atoms with Crippen molar-refractivity contribution in [2.45, 2.75) is 37.5 Å². The van der Waals surface area contributed by atoms with Crippen molar-refractivity contribution in [3.63, 3.8) is 0 Å². The number of carbonyl (C=O) groups excluding carboxylic acids is 1. The SMILES string of the molecule is Cn1nc(C(=O)OC2C=C3CC4CC(C2)N3CC4O)c2ccccc21. The molecule has 1 N–H and O–H groups in total. The lowest BCUT2D eigenvalue weighted by Gasteiger charge is -2.53. The molecule has 0 amide bonds. The number of rotatable bonds is 2. The van der Waals surface area contributed by atoms with Crippen molar-refractivity contribution in [1.29, 1.82) is 0 Å². The maximum absolute atomic E-state index is 12.7. The lowest BCUT2D eigenvalue weighted by atomic mass is 9.75. The average molecular weight is 339 g/mol. The zero-order valence-corrected chi connectivity index (χ0v) is 14.1. The molecule has 0 radical (unpaired) electrons. The molecule has 5 heterocycles. The van der Waals surface area contributed by atoms with E-state index in [9.17, 15) is 9.90 Å². The fraction of sp³-hybridized carbons (Fsp3) is 0.474. The fourth-order valence-corrected chi connectivity index (χ4v) is 4.67. The number of esters is 1. The van der Waals surface area contributed by atoms with Crippen LogP contribution < -0.4 is 0 Å². The second-order valence-electron chi connectivity index (χ2n) is 7.40. The molecule has 4 atom stereocenters. The van der Waals surface area contributed by atoms with Crippen molar-refractivity contribution in [3.05, 3.63) is 41.7 Å². The van der Waals surface area contributed by atoms with Gasteiger partial charge in [-0.1, -0.05) is 18.2 Å². The standard InChI is InChI=1S/C19H21N3O3/c1-21-16-5-3-2-4-15(16)18(20-21)19(24)25-14-8-12-6-11-7-13(9-14)22(12)10-17(11)23/h2-5,8,11,13-14,17,23H,6-7,9-10H2,1H3. The Balaban J connectivity index is 1.39. The maximum atomic E-state index is 12.7. The summed E-state index contributed by atoms with van der Waals surface area (Å²) in [5, 5.41) is 15.2. The third kappa shape index (κ3) is 2.28. The van der Waals surface area contributed by atoms with E-state index in [-0.39, 0.29) is 18.2 Å². The molecular formula is C19H21N3O3. The van der Waals surface area contributed by atoms with E-state index in [4.69, 9.17) is 4.74 Å². The van der Waals surface area contributed by atoms with E-state index >= 15 is 0 Å². The van der Waals surface area contributed by atoms with Gasteiger partial charge in [-0.3, -0.25) is 4.68 Å². The van der Waals surface area contributed by atoms with E-state index in [0.717, 1.165) is 30.2 Å². The molecule has 130 valence electrons. The van der Waals surface area contributed by atoms with Crippen LogP contribution in [0.15, 0.2) is 36.0 Å². The number of aryl methyl sites for hydroxylation is 1. The minimum Gasteiger partial charge on any atom is -0.453 e. The number of aliphatic hydroxyl groups excluding tert-OH is 1. The zero-order chi connectivity index (χ0) is 17.1. The summed E-state index contributed by atoms with van der Waals surface area (Å²) in [7, 11) is 1.83. The van der Waals surface area contributed by atoms with Crippen LogP contribution in [0.3, 0.4) is 0 Å². The van der Waals surface area contributed by atoms with Gasteiger partial charge in [0.25, 0.3) is 0 Å². The molecule has 6 nitrogen and oxygen atoms in total. The second-order valence-corrected chi connectivity index (χ2v) is 7.40. The molecule has 0 saturated carbocycles. The van der Waals surface area contributed by atoms with Crippen molar-refractivity contribution in [1.82, 2.24) is 14.7 Å². The van der Waals surface area contributed by atoms with E-state index in [1.807, 2.05) is 31.3 Å². The molecule has 4 bridgehead atoms. The minimum atomic E-state index is -0.362. The van der Waals surface area contributed by atoms with Crippen LogP contribution in [0.5, 0.6) is 0 Å². The number of aliphatic hydroxyl groups is 1. The number of fused-ring (bicyclic) bond motifs is 2.